The topological polar surface area (TPSA) is 33.2 Å². The maximum absolute atomic E-state index is 12.4. The lowest BCUT2D eigenvalue weighted by Crippen LogP contribution is -2.26. The highest BCUT2D eigenvalue weighted by molar-refractivity contribution is 9.10. The van der Waals surface area contributed by atoms with E-state index in [4.69, 9.17) is 0 Å². The Balaban J connectivity index is 2.17. The lowest BCUT2D eigenvalue weighted by atomic mass is 10.2. The molecule has 98 valence electrons. The molecule has 1 heterocycles. The highest BCUT2D eigenvalue weighted by Crippen LogP contribution is 2.22. The Bertz CT molecular complexity index is 589. The number of pyridine rings is 1. The van der Waals surface area contributed by atoms with Crippen molar-refractivity contribution in [3.05, 3.63) is 58.3 Å². The Hall–Kier alpha value is -1.33. The van der Waals surface area contributed by atoms with Gasteiger partial charge in [0.1, 0.15) is 0 Å². The van der Waals surface area contributed by atoms with Crippen molar-refractivity contribution in [3.63, 3.8) is 0 Å². The van der Waals surface area contributed by atoms with Crippen molar-refractivity contribution in [1.82, 2.24) is 9.88 Å². The second-order valence-corrected chi connectivity index (χ2v) is 5.56. The van der Waals surface area contributed by atoms with Gasteiger partial charge in [0.05, 0.1) is 5.56 Å². The largest absolute Gasteiger partial charge is 0.337 e. The molecule has 19 heavy (non-hydrogen) atoms. The van der Waals surface area contributed by atoms with Gasteiger partial charge in [0, 0.05) is 35.4 Å². The molecule has 5 heteroatoms. The molecule has 0 fully saturated rings. The van der Waals surface area contributed by atoms with Crippen molar-refractivity contribution in [2.45, 2.75) is 11.4 Å². The first-order valence-electron chi connectivity index (χ1n) is 5.71. The van der Waals surface area contributed by atoms with Crippen LogP contribution in [-0.2, 0) is 6.54 Å². The molecule has 1 aromatic carbocycles. The molecule has 0 bridgehead atoms. The van der Waals surface area contributed by atoms with Gasteiger partial charge in [0.25, 0.3) is 5.91 Å². The molecule has 0 aliphatic rings. The predicted molar refractivity (Wildman–Crippen MR) is 81.4 cm³/mol. The molecular weight excluding hydrogens is 324 g/mol. The molecule has 2 aromatic rings. The summed E-state index contributed by atoms with van der Waals surface area (Å²) < 4.78 is 0.772. The van der Waals surface area contributed by atoms with Gasteiger partial charge in [0.2, 0.25) is 0 Å². The molecular formula is C14H13BrN2OS. The quantitative estimate of drug-likeness (QED) is 0.871. The molecule has 0 N–H and O–H groups in total. The van der Waals surface area contributed by atoms with E-state index in [1.54, 1.807) is 30.4 Å². The van der Waals surface area contributed by atoms with Crippen LogP contribution >= 0.6 is 28.6 Å². The van der Waals surface area contributed by atoms with E-state index in [2.05, 4.69) is 33.5 Å². The van der Waals surface area contributed by atoms with Gasteiger partial charge in [-0.3, -0.25) is 9.78 Å². The summed E-state index contributed by atoms with van der Waals surface area (Å²) in [7, 11) is 1.77. The highest BCUT2D eigenvalue weighted by atomic mass is 79.9. The number of benzene rings is 1. The Kier molecular flexibility index (Phi) is 4.61. The van der Waals surface area contributed by atoms with Crippen LogP contribution in [0, 0.1) is 0 Å². The number of aromatic nitrogens is 1. The maximum atomic E-state index is 12.4. The Morgan fingerprint density at radius 2 is 2.21 bits per heavy atom. The van der Waals surface area contributed by atoms with Crippen LogP contribution in [0.2, 0.25) is 0 Å². The molecule has 0 aliphatic heterocycles. The van der Waals surface area contributed by atoms with E-state index >= 15 is 0 Å². The van der Waals surface area contributed by atoms with Gasteiger partial charge in [-0.25, -0.2) is 0 Å². The van der Waals surface area contributed by atoms with E-state index in [1.807, 2.05) is 24.3 Å². The smallest absolute Gasteiger partial charge is 0.255 e. The fourth-order valence-electron chi connectivity index (χ4n) is 1.72. The van der Waals surface area contributed by atoms with Crippen LogP contribution < -0.4 is 0 Å². The van der Waals surface area contributed by atoms with E-state index < -0.39 is 0 Å². The monoisotopic (exact) mass is 336 g/mol. The number of hydrogen-bond acceptors (Lipinski definition) is 3. The predicted octanol–water partition coefficient (Wildman–Crippen LogP) is 3.41. The van der Waals surface area contributed by atoms with Crippen molar-refractivity contribution < 1.29 is 4.79 Å². The molecule has 0 atom stereocenters. The van der Waals surface area contributed by atoms with Crippen molar-refractivity contribution in [3.8, 4) is 0 Å². The van der Waals surface area contributed by atoms with Gasteiger partial charge in [0.15, 0.2) is 0 Å². The van der Waals surface area contributed by atoms with Crippen LogP contribution in [0.15, 0.2) is 52.1 Å². The molecule has 0 unspecified atom stereocenters. The van der Waals surface area contributed by atoms with Gasteiger partial charge >= 0.3 is 0 Å². The summed E-state index contributed by atoms with van der Waals surface area (Å²) in [4.78, 5) is 18.8. The molecule has 0 radical (unpaired) electrons. The fraction of sp³-hybridized carbons (Fsp3) is 0.143. The highest BCUT2D eigenvalue weighted by Gasteiger charge is 2.15. The lowest BCUT2D eigenvalue weighted by molar-refractivity contribution is 0.0784. The van der Waals surface area contributed by atoms with Crippen LogP contribution in [0.1, 0.15) is 15.9 Å². The number of amides is 1. The molecule has 2 rings (SSSR count). The Labute approximate surface area is 126 Å². The second-order valence-electron chi connectivity index (χ2n) is 4.19. The van der Waals surface area contributed by atoms with Crippen molar-refractivity contribution in [2.75, 3.05) is 7.05 Å². The third-order valence-electron chi connectivity index (χ3n) is 2.67. The minimum atomic E-state index is -0.0494. The number of carbonyl (C=O) groups excluding carboxylic acids is 1. The molecule has 0 spiro atoms. The number of carbonyl (C=O) groups is 1. The fourth-order valence-corrected chi connectivity index (χ4v) is 2.34. The summed E-state index contributed by atoms with van der Waals surface area (Å²) in [5, 5.41) is 0. The van der Waals surface area contributed by atoms with E-state index in [0.29, 0.717) is 12.1 Å². The zero-order valence-corrected chi connectivity index (χ0v) is 12.9. The van der Waals surface area contributed by atoms with Gasteiger partial charge < -0.3 is 4.90 Å². The van der Waals surface area contributed by atoms with Crippen LogP contribution in [-0.4, -0.2) is 22.8 Å². The molecule has 0 saturated heterocycles. The van der Waals surface area contributed by atoms with Crippen molar-refractivity contribution >= 4 is 34.5 Å². The summed E-state index contributed by atoms with van der Waals surface area (Å²) in [6.07, 6.45) is 3.47. The van der Waals surface area contributed by atoms with E-state index in [0.717, 1.165) is 14.9 Å². The van der Waals surface area contributed by atoms with E-state index in [1.165, 1.54) is 0 Å². The van der Waals surface area contributed by atoms with Crippen LogP contribution in [0.5, 0.6) is 0 Å². The average Bonchev–Trinajstić information content (AvgIpc) is 2.42. The maximum Gasteiger partial charge on any atom is 0.255 e. The Morgan fingerprint density at radius 3 is 2.89 bits per heavy atom. The first kappa shape index (κ1) is 14.1. The van der Waals surface area contributed by atoms with Crippen LogP contribution in [0.3, 0.4) is 0 Å². The third-order valence-corrected chi connectivity index (χ3v) is 3.64. The van der Waals surface area contributed by atoms with Gasteiger partial charge in [-0.2, -0.15) is 0 Å². The van der Waals surface area contributed by atoms with E-state index in [-0.39, 0.29) is 5.91 Å². The SMILES string of the molecule is CN(Cc1cccnc1)C(=O)c1cc(S)ccc1Br. The Morgan fingerprint density at radius 1 is 1.42 bits per heavy atom. The third kappa shape index (κ3) is 3.58. The molecule has 3 nitrogen and oxygen atoms in total. The van der Waals surface area contributed by atoms with Gasteiger partial charge in [-0.15, -0.1) is 12.6 Å². The second kappa shape index (κ2) is 6.21. The normalized spacial score (nSPS) is 10.3. The van der Waals surface area contributed by atoms with E-state index in [9.17, 15) is 4.79 Å². The first-order valence-corrected chi connectivity index (χ1v) is 6.95. The minimum absolute atomic E-state index is 0.0494. The summed E-state index contributed by atoms with van der Waals surface area (Å²) >= 11 is 7.65. The van der Waals surface area contributed by atoms with Gasteiger partial charge in [-0.1, -0.05) is 6.07 Å². The minimum Gasteiger partial charge on any atom is -0.337 e. The van der Waals surface area contributed by atoms with Crippen molar-refractivity contribution in [2.24, 2.45) is 0 Å². The lowest BCUT2D eigenvalue weighted by Gasteiger charge is -2.18. The van der Waals surface area contributed by atoms with Crippen LogP contribution in [0.4, 0.5) is 0 Å². The standard InChI is InChI=1S/C14H13BrN2OS/c1-17(9-10-3-2-6-16-8-10)14(18)12-7-11(19)4-5-13(12)15/h2-8,19H,9H2,1H3. The summed E-state index contributed by atoms with van der Waals surface area (Å²) in [6, 6.07) is 9.23. The number of nitrogens with zero attached hydrogens (tertiary/aromatic N) is 2. The zero-order chi connectivity index (χ0) is 13.8. The molecule has 1 aromatic heterocycles. The first-order chi connectivity index (χ1) is 9.08. The molecule has 0 saturated carbocycles. The number of halogens is 1. The number of hydrogen-bond donors (Lipinski definition) is 1. The number of rotatable bonds is 3. The molecule has 1 amide bonds. The van der Waals surface area contributed by atoms with Gasteiger partial charge in [-0.05, 0) is 45.8 Å². The van der Waals surface area contributed by atoms with Crippen LogP contribution in [0.25, 0.3) is 0 Å². The summed E-state index contributed by atoms with van der Waals surface area (Å²) in [5.74, 6) is -0.0494. The summed E-state index contributed by atoms with van der Waals surface area (Å²) in [6.45, 7) is 0.524. The zero-order valence-electron chi connectivity index (χ0n) is 10.4. The number of thiol groups is 1. The molecule has 0 aliphatic carbocycles. The summed E-state index contributed by atoms with van der Waals surface area (Å²) in [5.41, 5.74) is 1.61. The average molecular weight is 337 g/mol. The van der Waals surface area contributed by atoms with Crippen molar-refractivity contribution in [1.29, 1.82) is 0 Å².